The lowest BCUT2D eigenvalue weighted by molar-refractivity contribution is -0.138. The molecule has 2 aromatic heterocycles. The standard InChI is InChI=1S/C24H25Cl2N5O2S/c1-13-8-27-9-14(2)30(13)11-18-17(5-15(25)6-19(18)26)23-24-20(28-12-29-23)7-16(34-24)10-31-21(32)3-4-22(31)33/h5-7,12-14,27H,3-4,8-11H2,1-2H3/t13-,14-/m0/s1. The van der Waals surface area contributed by atoms with Gasteiger partial charge in [0.15, 0.2) is 0 Å². The van der Waals surface area contributed by atoms with Gasteiger partial charge in [-0.25, -0.2) is 9.97 Å². The Balaban J connectivity index is 1.56. The lowest BCUT2D eigenvalue weighted by Gasteiger charge is -2.40. The SMILES string of the molecule is C[C@H]1CNC[C@H](C)N1Cc1c(Cl)cc(Cl)cc1-c1ncnc2cc(CN3C(=O)CCC3=O)sc12. The van der Waals surface area contributed by atoms with Gasteiger partial charge in [-0.05, 0) is 37.6 Å². The van der Waals surface area contributed by atoms with Crippen molar-refractivity contribution in [1.82, 2.24) is 25.1 Å². The minimum absolute atomic E-state index is 0.128. The second-order valence-corrected chi connectivity index (χ2v) is 10.9. The fraction of sp³-hybridized carbons (Fsp3) is 0.417. The highest BCUT2D eigenvalue weighted by Gasteiger charge is 2.30. The smallest absolute Gasteiger partial charge is 0.230 e. The molecule has 2 aliphatic rings. The zero-order chi connectivity index (χ0) is 24.0. The van der Waals surface area contributed by atoms with Crippen molar-refractivity contribution in [3.63, 3.8) is 0 Å². The van der Waals surface area contributed by atoms with E-state index in [1.165, 1.54) is 22.6 Å². The van der Waals surface area contributed by atoms with Crippen molar-refractivity contribution in [3.8, 4) is 11.3 Å². The number of halogens is 2. The van der Waals surface area contributed by atoms with Crippen LogP contribution in [-0.2, 0) is 22.7 Å². The van der Waals surface area contributed by atoms with Gasteiger partial charge in [-0.2, -0.15) is 0 Å². The summed E-state index contributed by atoms with van der Waals surface area (Å²) in [6, 6.07) is 6.34. The highest BCUT2D eigenvalue weighted by molar-refractivity contribution is 7.19. The molecular weight excluding hydrogens is 493 g/mol. The third-order valence-corrected chi connectivity index (χ3v) is 8.27. The lowest BCUT2D eigenvalue weighted by Crippen LogP contribution is -2.54. The highest BCUT2D eigenvalue weighted by Crippen LogP contribution is 2.39. The number of carbonyl (C=O) groups is 2. The molecule has 2 amide bonds. The topological polar surface area (TPSA) is 78.4 Å². The minimum Gasteiger partial charge on any atom is -0.314 e. The Morgan fingerprint density at radius 2 is 1.74 bits per heavy atom. The monoisotopic (exact) mass is 517 g/mol. The number of nitrogens with one attached hydrogen (secondary N) is 1. The molecule has 2 aliphatic heterocycles. The van der Waals surface area contributed by atoms with Crippen molar-refractivity contribution < 1.29 is 9.59 Å². The van der Waals surface area contributed by atoms with Crippen molar-refractivity contribution in [2.75, 3.05) is 13.1 Å². The summed E-state index contributed by atoms with van der Waals surface area (Å²) in [5.74, 6) is -0.256. The molecule has 2 fully saturated rings. The zero-order valence-corrected chi connectivity index (χ0v) is 21.3. The number of aromatic nitrogens is 2. The van der Waals surface area contributed by atoms with E-state index in [0.29, 0.717) is 28.7 Å². The molecule has 0 radical (unpaired) electrons. The number of amides is 2. The Bertz CT molecular complexity index is 1250. The maximum Gasteiger partial charge on any atom is 0.230 e. The first kappa shape index (κ1) is 23.6. The number of carbonyl (C=O) groups excluding carboxylic acids is 2. The first-order valence-corrected chi connectivity index (χ1v) is 12.9. The molecule has 2 saturated heterocycles. The van der Waals surface area contributed by atoms with Gasteiger partial charge in [0.05, 0.1) is 22.5 Å². The van der Waals surface area contributed by atoms with Gasteiger partial charge in [-0.15, -0.1) is 11.3 Å². The van der Waals surface area contributed by atoms with Gasteiger partial charge in [-0.3, -0.25) is 19.4 Å². The summed E-state index contributed by atoms with van der Waals surface area (Å²) in [7, 11) is 0. The predicted molar refractivity (Wildman–Crippen MR) is 135 cm³/mol. The van der Waals surface area contributed by atoms with E-state index < -0.39 is 0 Å². The van der Waals surface area contributed by atoms with Crippen LogP contribution in [0.3, 0.4) is 0 Å². The Kier molecular flexibility index (Phi) is 6.61. The Labute approximate surface area is 212 Å². The van der Waals surface area contributed by atoms with Gasteiger partial charge in [0.25, 0.3) is 0 Å². The summed E-state index contributed by atoms with van der Waals surface area (Å²) in [4.78, 5) is 37.9. The largest absolute Gasteiger partial charge is 0.314 e. The third kappa shape index (κ3) is 4.45. The highest BCUT2D eigenvalue weighted by atomic mass is 35.5. The van der Waals surface area contributed by atoms with Crippen LogP contribution >= 0.6 is 34.5 Å². The minimum atomic E-state index is -0.128. The van der Waals surface area contributed by atoms with Gasteiger partial charge in [0, 0.05) is 65.0 Å². The van der Waals surface area contributed by atoms with Crippen LogP contribution in [0.4, 0.5) is 0 Å². The number of hydrogen-bond donors (Lipinski definition) is 1. The third-order valence-electron chi connectivity index (χ3n) is 6.60. The van der Waals surface area contributed by atoms with Crippen molar-refractivity contribution in [2.24, 2.45) is 0 Å². The van der Waals surface area contributed by atoms with Crippen LogP contribution in [0.1, 0.15) is 37.1 Å². The quantitative estimate of drug-likeness (QED) is 0.502. The Morgan fingerprint density at radius 1 is 1.03 bits per heavy atom. The fourth-order valence-corrected chi connectivity index (χ4v) is 6.42. The van der Waals surface area contributed by atoms with Crippen molar-refractivity contribution in [2.45, 2.75) is 51.9 Å². The maximum atomic E-state index is 12.1. The van der Waals surface area contributed by atoms with Crippen LogP contribution in [0.15, 0.2) is 24.5 Å². The number of benzene rings is 1. The maximum absolute atomic E-state index is 12.1. The number of hydrogen-bond acceptors (Lipinski definition) is 7. The number of rotatable bonds is 5. The molecule has 0 saturated carbocycles. The molecule has 10 heteroatoms. The van der Waals surface area contributed by atoms with Crippen LogP contribution in [0, 0.1) is 0 Å². The van der Waals surface area contributed by atoms with E-state index in [9.17, 15) is 9.59 Å². The molecular formula is C24H25Cl2N5O2S. The first-order valence-electron chi connectivity index (χ1n) is 11.3. The fourth-order valence-electron chi connectivity index (χ4n) is 4.77. The second-order valence-electron chi connectivity index (χ2n) is 8.97. The van der Waals surface area contributed by atoms with E-state index in [-0.39, 0.29) is 31.2 Å². The van der Waals surface area contributed by atoms with Crippen molar-refractivity contribution in [3.05, 3.63) is 45.0 Å². The number of nitrogens with zero attached hydrogens (tertiary/aromatic N) is 4. The summed E-state index contributed by atoms with van der Waals surface area (Å²) in [5, 5.41) is 4.62. The zero-order valence-electron chi connectivity index (χ0n) is 19.0. The Morgan fingerprint density at radius 3 is 2.44 bits per heavy atom. The van der Waals surface area contributed by atoms with Crippen LogP contribution in [-0.4, -0.2) is 56.8 Å². The molecule has 0 spiro atoms. The van der Waals surface area contributed by atoms with Gasteiger partial charge < -0.3 is 5.32 Å². The average molecular weight is 518 g/mol. The summed E-state index contributed by atoms with van der Waals surface area (Å²) in [5.41, 5.74) is 3.39. The van der Waals surface area contributed by atoms with Crippen LogP contribution in [0.5, 0.6) is 0 Å². The summed E-state index contributed by atoms with van der Waals surface area (Å²) >= 11 is 14.7. The van der Waals surface area contributed by atoms with Gasteiger partial charge in [-0.1, -0.05) is 23.2 Å². The van der Waals surface area contributed by atoms with Crippen LogP contribution in [0.2, 0.25) is 10.0 Å². The van der Waals surface area contributed by atoms with Gasteiger partial charge >= 0.3 is 0 Å². The normalized spacial score (nSPS) is 21.7. The van der Waals surface area contributed by atoms with E-state index in [2.05, 4.69) is 34.0 Å². The molecule has 7 nitrogen and oxygen atoms in total. The van der Waals surface area contributed by atoms with Crippen LogP contribution < -0.4 is 5.32 Å². The molecule has 34 heavy (non-hydrogen) atoms. The molecule has 178 valence electrons. The van der Waals surface area contributed by atoms with E-state index in [0.717, 1.165) is 45.0 Å². The van der Waals surface area contributed by atoms with Crippen molar-refractivity contribution >= 4 is 56.6 Å². The van der Waals surface area contributed by atoms with E-state index in [1.54, 1.807) is 6.07 Å². The molecule has 0 bridgehead atoms. The van der Waals surface area contributed by atoms with E-state index >= 15 is 0 Å². The molecule has 1 aromatic carbocycles. The molecule has 0 aliphatic carbocycles. The average Bonchev–Trinajstić information content (AvgIpc) is 3.35. The van der Waals surface area contributed by atoms with Crippen molar-refractivity contribution in [1.29, 1.82) is 0 Å². The van der Waals surface area contributed by atoms with Gasteiger partial charge in [0.1, 0.15) is 6.33 Å². The number of likely N-dealkylation sites (tertiary alicyclic amines) is 1. The lowest BCUT2D eigenvalue weighted by atomic mass is 10.0. The summed E-state index contributed by atoms with van der Waals surface area (Å²) in [6.07, 6.45) is 2.10. The van der Waals surface area contributed by atoms with E-state index in [4.69, 9.17) is 23.2 Å². The van der Waals surface area contributed by atoms with E-state index in [1.807, 2.05) is 12.1 Å². The molecule has 1 N–H and O–H groups in total. The molecule has 3 aromatic rings. The number of thiophene rings is 1. The molecule has 4 heterocycles. The summed E-state index contributed by atoms with van der Waals surface area (Å²) in [6.45, 7) is 7.20. The number of piperazine rings is 1. The van der Waals surface area contributed by atoms with Crippen LogP contribution in [0.25, 0.3) is 21.5 Å². The number of imide groups is 1. The Hall–Kier alpha value is -2.10. The molecule has 0 unspecified atom stereocenters. The first-order chi connectivity index (χ1) is 16.3. The second kappa shape index (κ2) is 9.51. The molecule has 2 atom stereocenters. The summed E-state index contributed by atoms with van der Waals surface area (Å²) < 4.78 is 0.887. The molecule has 5 rings (SSSR count). The predicted octanol–water partition coefficient (Wildman–Crippen LogP) is 4.50. The van der Waals surface area contributed by atoms with Gasteiger partial charge in [0.2, 0.25) is 11.8 Å². The number of fused-ring (bicyclic) bond motifs is 1.